The average Bonchev–Trinajstić information content (AvgIpc) is 2.70. The summed E-state index contributed by atoms with van der Waals surface area (Å²) in [5.74, 6) is 0.0220. The zero-order chi connectivity index (χ0) is 15.6. The van der Waals surface area contributed by atoms with Gasteiger partial charge in [-0.15, -0.1) is 0 Å². The van der Waals surface area contributed by atoms with Crippen molar-refractivity contribution in [2.45, 2.75) is 50.0 Å². The van der Waals surface area contributed by atoms with Gasteiger partial charge >= 0.3 is 0 Å². The van der Waals surface area contributed by atoms with Crippen LogP contribution in [0.25, 0.3) is 0 Å². The topological polar surface area (TPSA) is 101 Å². The highest BCUT2D eigenvalue weighted by atomic mass is 32.2. The fourth-order valence-corrected chi connectivity index (χ4v) is 4.99. The molecule has 0 saturated heterocycles. The number of nitrogens with zero attached hydrogens (tertiary/aromatic N) is 3. The Labute approximate surface area is 125 Å². The van der Waals surface area contributed by atoms with Crippen molar-refractivity contribution in [1.29, 1.82) is 0 Å². The van der Waals surface area contributed by atoms with Crippen molar-refractivity contribution in [2.75, 3.05) is 18.9 Å². The zero-order valence-corrected chi connectivity index (χ0v) is 13.4. The quantitative estimate of drug-likeness (QED) is 0.829. The standard InChI is InChI=1S/C13H24N4O3S/c1-10-12(13(14)15-16(10)2)21(19,20)17(8-9-18)11-6-4-3-5-7-11/h11,18H,3-9H2,1-2H3,(H2,14,15). The summed E-state index contributed by atoms with van der Waals surface area (Å²) in [4.78, 5) is 0.0732. The van der Waals surface area contributed by atoms with Gasteiger partial charge in [-0.25, -0.2) is 8.42 Å². The summed E-state index contributed by atoms with van der Waals surface area (Å²) in [5, 5.41) is 13.3. The maximum atomic E-state index is 13.0. The van der Waals surface area contributed by atoms with Crippen LogP contribution in [-0.2, 0) is 17.1 Å². The van der Waals surface area contributed by atoms with Crippen LogP contribution in [-0.4, -0.2) is 46.8 Å². The van der Waals surface area contributed by atoms with Crippen LogP contribution in [0.5, 0.6) is 0 Å². The van der Waals surface area contributed by atoms with Gasteiger partial charge in [0.1, 0.15) is 4.90 Å². The summed E-state index contributed by atoms with van der Waals surface area (Å²) in [7, 11) is -2.07. The van der Waals surface area contributed by atoms with Crippen molar-refractivity contribution in [2.24, 2.45) is 7.05 Å². The molecule has 1 aromatic heterocycles. The molecule has 0 spiro atoms. The fraction of sp³-hybridized carbons (Fsp3) is 0.769. The van der Waals surface area contributed by atoms with Crippen LogP contribution in [0.4, 0.5) is 5.82 Å². The van der Waals surface area contributed by atoms with E-state index in [1.165, 1.54) is 8.99 Å². The highest BCUT2D eigenvalue weighted by Crippen LogP contribution is 2.31. The molecule has 8 heteroatoms. The van der Waals surface area contributed by atoms with E-state index in [1.54, 1.807) is 14.0 Å². The Bertz CT molecular complexity index is 591. The number of nitrogens with two attached hydrogens (primary N) is 1. The highest BCUT2D eigenvalue weighted by Gasteiger charge is 2.35. The normalized spacial score (nSPS) is 17.5. The molecule has 120 valence electrons. The number of aliphatic hydroxyl groups is 1. The molecule has 1 aliphatic carbocycles. The monoisotopic (exact) mass is 316 g/mol. The lowest BCUT2D eigenvalue weighted by Crippen LogP contribution is -2.43. The molecule has 2 rings (SSSR count). The second-order valence-electron chi connectivity index (χ2n) is 5.55. The maximum absolute atomic E-state index is 13.0. The van der Waals surface area contributed by atoms with E-state index in [9.17, 15) is 13.5 Å². The lowest BCUT2D eigenvalue weighted by atomic mass is 9.95. The first-order valence-electron chi connectivity index (χ1n) is 7.31. The summed E-state index contributed by atoms with van der Waals surface area (Å²) in [6.07, 6.45) is 4.84. The number of aromatic nitrogens is 2. The van der Waals surface area contributed by atoms with E-state index in [4.69, 9.17) is 5.73 Å². The van der Waals surface area contributed by atoms with Crippen LogP contribution in [0.2, 0.25) is 0 Å². The Kier molecular flexibility index (Phi) is 4.90. The number of aliphatic hydroxyl groups excluding tert-OH is 1. The molecule has 0 bridgehead atoms. The molecule has 7 nitrogen and oxygen atoms in total. The maximum Gasteiger partial charge on any atom is 0.248 e. The first-order chi connectivity index (χ1) is 9.89. The third kappa shape index (κ3) is 3.07. The second kappa shape index (κ2) is 6.33. The van der Waals surface area contributed by atoms with E-state index in [0.29, 0.717) is 5.69 Å². The minimum atomic E-state index is -3.74. The van der Waals surface area contributed by atoms with Gasteiger partial charge in [0, 0.05) is 19.6 Å². The highest BCUT2D eigenvalue weighted by molar-refractivity contribution is 7.89. The van der Waals surface area contributed by atoms with Crippen molar-refractivity contribution in [1.82, 2.24) is 14.1 Å². The van der Waals surface area contributed by atoms with Gasteiger partial charge in [-0.05, 0) is 19.8 Å². The molecule has 1 aliphatic rings. The van der Waals surface area contributed by atoms with Crippen molar-refractivity contribution < 1.29 is 13.5 Å². The largest absolute Gasteiger partial charge is 0.395 e. The second-order valence-corrected chi connectivity index (χ2v) is 7.38. The number of aryl methyl sites for hydroxylation is 1. The molecule has 1 aromatic rings. The van der Waals surface area contributed by atoms with Gasteiger partial charge in [0.25, 0.3) is 0 Å². The number of hydrogen-bond acceptors (Lipinski definition) is 5. The number of sulfonamides is 1. The molecule has 0 aromatic carbocycles. The minimum absolute atomic E-state index is 0.0220. The number of nitrogen functional groups attached to an aromatic ring is 1. The molecule has 0 amide bonds. The predicted octanol–water partition coefficient (Wildman–Crippen LogP) is 0.626. The van der Waals surface area contributed by atoms with E-state index < -0.39 is 10.0 Å². The molecular formula is C13H24N4O3S. The average molecular weight is 316 g/mol. The van der Waals surface area contributed by atoms with Crippen LogP contribution in [0.3, 0.4) is 0 Å². The molecular weight excluding hydrogens is 292 g/mol. The summed E-state index contributed by atoms with van der Waals surface area (Å²) in [6, 6.07) is -0.0603. The van der Waals surface area contributed by atoms with E-state index in [0.717, 1.165) is 32.1 Å². The van der Waals surface area contributed by atoms with E-state index in [-0.39, 0.29) is 29.9 Å². The van der Waals surface area contributed by atoms with Crippen LogP contribution >= 0.6 is 0 Å². The first-order valence-corrected chi connectivity index (χ1v) is 8.75. The first kappa shape index (κ1) is 16.3. The molecule has 0 unspecified atom stereocenters. The molecule has 1 saturated carbocycles. The Morgan fingerprint density at radius 2 is 2.00 bits per heavy atom. The lowest BCUT2D eigenvalue weighted by molar-refractivity contribution is 0.199. The van der Waals surface area contributed by atoms with E-state index >= 15 is 0 Å². The van der Waals surface area contributed by atoms with E-state index in [2.05, 4.69) is 5.10 Å². The van der Waals surface area contributed by atoms with Crippen molar-refractivity contribution in [3.8, 4) is 0 Å². The summed E-state index contributed by atoms with van der Waals surface area (Å²) in [6.45, 7) is 1.59. The Hall–Kier alpha value is -1.12. The van der Waals surface area contributed by atoms with Crippen LogP contribution < -0.4 is 5.73 Å². The number of rotatable bonds is 5. The van der Waals surface area contributed by atoms with Gasteiger partial charge in [-0.1, -0.05) is 19.3 Å². The number of anilines is 1. The SMILES string of the molecule is Cc1c(S(=O)(=O)N(CCO)C2CCCCC2)c(N)nn1C. The Morgan fingerprint density at radius 3 is 2.48 bits per heavy atom. The van der Waals surface area contributed by atoms with Gasteiger partial charge in [0.15, 0.2) is 5.82 Å². The fourth-order valence-electron chi connectivity index (χ4n) is 3.02. The Balaban J connectivity index is 2.41. The van der Waals surface area contributed by atoms with Gasteiger partial charge in [0.2, 0.25) is 10.0 Å². The van der Waals surface area contributed by atoms with Crippen molar-refractivity contribution >= 4 is 15.8 Å². The number of hydrogen-bond donors (Lipinski definition) is 2. The summed E-state index contributed by atoms with van der Waals surface area (Å²) < 4.78 is 28.8. The molecule has 1 heterocycles. The lowest BCUT2D eigenvalue weighted by Gasteiger charge is -2.33. The molecule has 3 N–H and O–H groups in total. The molecule has 0 atom stereocenters. The zero-order valence-electron chi connectivity index (χ0n) is 12.6. The van der Waals surface area contributed by atoms with Gasteiger partial charge in [0.05, 0.1) is 12.3 Å². The molecule has 1 fully saturated rings. The summed E-state index contributed by atoms with van der Waals surface area (Å²) in [5.41, 5.74) is 6.31. The van der Waals surface area contributed by atoms with Crippen LogP contribution in [0.1, 0.15) is 37.8 Å². The predicted molar refractivity (Wildman–Crippen MR) is 80.2 cm³/mol. The third-order valence-corrected chi connectivity index (χ3v) is 6.29. The van der Waals surface area contributed by atoms with Gasteiger partial charge in [-0.3, -0.25) is 4.68 Å². The Morgan fingerprint density at radius 1 is 1.38 bits per heavy atom. The van der Waals surface area contributed by atoms with Crippen LogP contribution in [0, 0.1) is 6.92 Å². The van der Waals surface area contributed by atoms with Gasteiger partial charge in [-0.2, -0.15) is 9.40 Å². The van der Waals surface area contributed by atoms with E-state index in [1.807, 2.05) is 0 Å². The van der Waals surface area contributed by atoms with Crippen molar-refractivity contribution in [3.05, 3.63) is 5.69 Å². The van der Waals surface area contributed by atoms with Crippen molar-refractivity contribution in [3.63, 3.8) is 0 Å². The molecule has 0 radical (unpaired) electrons. The van der Waals surface area contributed by atoms with Crippen LogP contribution in [0.15, 0.2) is 4.90 Å². The summed E-state index contributed by atoms with van der Waals surface area (Å²) >= 11 is 0. The molecule has 21 heavy (non-hydrogen) atoms. The molecule has 0 aliphatic heterocycles. The smallest absolute Gasteiger partial charge is 0.248 e. The minimum Gasteiger partial charge on any atom is -0.395 e. The third-order valence-electron chi connectivity index (χ3n) is 4.17. The van der Waals surface area contributed by atoms with Gasteiger partial charge < -0.3 is 10.8 Å².